The van der Waals surface area contributed by atoms with Gasteiger partial charge in [-0.1, -0.05) is 0 Å². The van der Waals surface area contributed by atoms with Crippen molar-refractivity contribution in [1.29, 1.82) is 0 Å². The molecule has 0 aromatic carbocycles. The third-order valence-corrected chi connectivity index (χ3v) is 1.42. The third-order valence-electron chi connectivity index (χ3n) is 1.42. The lowest BCUT2D eigenvalue weighted by molar-refractivity contribution is -0.122. The summed E-state index contributed by atoms with van der Waals surface area (Å²) in [7, 11) is 0. The number of aromatic amines is 1. The third kappa shape index (κ3) is 2.35. The molecule has 1 amide bonds. The van der Waals surface area contributed by atoms with Crippen LogP contribution in [0.2, 0.25) is 0 Å². The van der Waals surface area contributed by atoms with Gasteiger partial charge in [-0.25, -0.2) is 4.98 Å². The minimum Gasteiger partial charge on any atom is -0.349 e. The Bertz CT molecular complexity index is 242. The normalized spacial score (nSPS) is 12.5. The molecule has 5 nitrogen and oxygen atoms in total. The highest BCUT2D eigenvalue weighted by Crippen LogP contribution is 1.89. The Morgan fingerprint density at radius 3 is 3.17 bits per heavy atom. The molecule has 66 valence electrons. The first kappa shape index (κ1) is 8.73. The van der Waals surface area contributed by atoms with E-state index in [-0.39, 0.29) is 5.91 Å². The predicted octanol–water partition coefficient (Wildman–Crippen LogP) is -0.627. The van der Waals surface area contributed by atoms with Crippen LogP contribution in [0.15, 0.2) is 12.5 Å². The zero-order valence-electron chi connectivity index (χ0n) is 6.87. The second-order valence-corrected chi connectivity index (χ2v) is 2.58. The second-order valence-electron chi connectivity index (χ2n) is 2.58. The van der Waals surface area contributed by atoms with Crippen molar-refractivity contribution in [3.8, 4) is 0 Å². The van der Waals surface area contributed by atoms with Crippen LogP contribution in [0.1, 0.15) is 12.6 Å². The molecule has 1 aromatic rings. The Morgan fingerprint density at radius 2 is 2.67 bits per heavy atom. The van der Waals surface area contributed by atoms with Crippen LogP contribution in [-0.4, -0.2) is 21.9 Å². The fourth-order valence-corrected chi connectivity index (χ4v) is 0.725. The van der Waals surface area contributed by atoms with E-state index in [9.17, 15) is 4.79 Å². The quantitative estimate of drug-likeness (QED) is 0.562. The predicted molar refractivity (Wildman–Crippen MR) is 44.1 cm³/mol. The number of nitrogens with one attached hydrogen (secondary N) is 2. The summed E-state index contributed by atoms with van der Waals surface area (Å²) in [6.07, 6.45) is 3.22. The molecule has 0 radical (unpaired) electrons. The summed E-state index contributed by atoms with van der Waals surface area (Å²) in [6.45, 7) is 2.09. The van der Waals surface area contributed by atoms with Gasteiger partial charge in [0.15, 0.2) is 0 Å². The van der Waals surface area contributed by atoms with E-state index in [2.05, 4.69) is 15.3 Å². The van der Waals surface area contributed by atoms with Crippen molar-refractivity contribution >= 4 is 5.91 Å². The van der Waals surface area contributed by atoms with Crippen molar-refractivity contribution in [1.82, 2.24) is 15.3 Å². The highest BCUT2D eigenvalue weighted by atomic mass is 16.2. The highest BCUT2D eigenvalue weighted by molar-refractivity contribution is 5.80. The molecule has 0 bridgehead atoms. The molecule has 1 heterocycles. The Labute approximate surface area is 70.4 Å². The van der Waals surface area contributed by atoms with Crippen molar-refractivity contribution < 1.29 is 4.79 Å². The van der Waals surface area contributed by atoms with Gasteiger partial charge < -0.3 is 16.0 Å². The molecular formula is C7H12N4O. The molecule has 1 atom stereocenters. The fraction of sp³-hybridized carbons (Fsp3) is 0.429. The van der Waals surface area contributed by atoms with Crippen molar-refractivity contribution in [2.24, 2.45) is 5.73 Å². The second kappa shape index (κ2) is 3.87. The first-order chi connectivity index (χ1) is 5.70. The number of carbonyl (C=O) groups excluding carboxylic acids is 1. The summed E-state index contributed by atoms with van der Waals surface area (Å²) in [6, 6.07) is -0.465. The Hall–Kier alpha value is -1.36. The van der Waals surface area contributed by atoms with Crippen LogP contribution in [0.5, 0.6) is 0 Å². The Morgan fingerprint density at radius 1 is 1.92 bits per heavy atom. The van der Waals surface area contributed by atoms with Crippen LogP contribution >= 0.6 is 0 Å². The van der Waals surface area contributed by atoms with Crippen LogP contribution in [0, 0.1) is 0 Å². The lowest BCUT2D eigenvalue weighted by atomic mass is 10.3. The number of imidazole rings is 1. The number of amides is 1. The number of nitrogens with zero attached hydrogens (tertiary/aromatic N) is 1. The van der Waals surface area contributed by atoms with E-state index in [1.165, 1.54) is 0 Å². The van der Waals surface area contributed by atoms with Crippen LogP contribution in [0.25, 0.3) is 0 Å². The summed E-state index contributed by atoms with van der Waals surface area (Å²) in [5, 5.41) is 2.65. The van der Waals surface area contributed by atoms with Crippen molar-refractivity contribution in [2.75, 3.05) is 0 Å². The molecule has 4 N–H and O–H groups in total. The number of hydrogen-bond acceptors (Lipinski definition) is 3. The maximum absolute atomic E-state index is 11.0. The van der Waals surface area contributed by atoms with Gasteiger partial charge in [0, 0.05) is 6.20 Å². The van der Waals surface area contributed by atoms with Crippen molar-refractivity contribution in [3.05, 3.63) is 18.2 Å². The SMILES string of the molecule is C[C@@H](N)C(=O)NCc1cnc[nH]1. The molecule has 0 spiro atoms. The van der Waals surface area contributed by atoms with Gasteiger partial charge in [0.25, 0.3) is 0 Å². The van der Waals surface area contributed by atoms with Crippen LogP contribution in [0.3, 0.4) is 0 Å². The summed E-state index contributed by atoms with van der Waals surface area (Å²) < 4.78 is 0. The van der Waals surface area contributed by atoms with Gasteiger partial charge in [-0.3, -0.25) is 4.79 Å². The number of rotatable bonds is 3. The van der Waals surface area contributed by atoms with Gasteiger partial charge in [0.05, 0.1) is 24.6 Å². The highest BCUT2D eigenvalue weighted by Gasteiger charge is 2.05. The zero-order chi connectivity index (χ0) is 8.97. The van der Waals surface area contributed by atoms with E-state index >= 15 is 0 Å². The number of carbonyl (C=O) groups is 1. The molecular weight excluding hydrogens is 156 g/mol. The van der Waals surface area contributed by atoms with Crippen molar-refractivity contribution in [3.63, 3.8) is 0 Å². The molecule has 1 rings (SSSR count). The van der Waals surface area contributed by atoms with E-state index in [0.717, 1.165) is 5.69 Å². The molecule has 0 aliphatic heterocycles. The average Bonchev–Trinajstić information content (AvgIpc) is 2.51. The van der Waals surface area contributed by atoms with Gasteiger partial charge >= 0.3 is 0 Å². The maximum Gasteiger partial charge on any atom is 0.236 e. The van der Waals surface area contributed by atoms with E-state index in [4.69, 9.17) is 5.73 Å². The van der Waals surface area contributed by atoms with Gasteiger partial charge in [0.2, 0.25) is 5.91 Å². The minimum absolute atomic E-state index is 0.162. The lowest BCUT2D eigenvalue weighted by Crippen LogP contribution is -2.37. The average molecular weight is 168 g/mol. The first-order valence-electron chi connectivity index (χ1n) is 3.70. The lowest BCUT2D eigenvalue weighted by Gasteiger charge is -2.05. The van der Waals surface area contributed by atoms with Crippen LogP contribution in [-0.2, 0) is 11.3 Å². The molecule has 0 saturated carbocycles. The molecule has 0 aliphatic carbocycles. The number of H-pyrrole nitrogens is 1. The summed E-state index contributed by atoms with van der Waals surface area (Å²) >= 11 is 0. The maximum atomic E-state index is 11.0. The molecule has 0 fully saturated rings. The smallest absolute Gasteiger partial charge is 0.236 e. The van der Waals surface area contributed by atoms with Gasteiger partial charge in [-0.05, 0) is 6.92 Å². The van der Waals surface area contributed by atoms with Gasteiger partial charge in [-0.2, -0.15) is 0 Å². The standard InChI is InChI=1S/C7H12N4O/c1-5(8)7(12)10-3-6-2-9-4-11-6/h2,4-5H,3,8H2,1H3,(H,9,11)(H,10,12)/t5-/m1/s1. The zero-order valence-corrected chi connectivity index (χ0v) is 6.87. The molecule has 12 heavy (non-hydrogen) atoms. The Balaban J connectivity index is 2.32. The fourth-order valence-electron chi connectivity index (χ4n) is 0.725. The number of hydrogen-bond donors (Lipinski definition) is 3. The summed E-state index contributed by atoms with van der Waals surface area (Å²) in [5.74, 6) is -0.162. The van der Waals surface area contributed by atoms with Crippen LogP contribution in [0.4, 0.5) is 0 Å². The van der Waals surface area contributed by atoms with E-state index in [1.807, 2.05) is 0 Å². The van der Waals surface area contributed by atoms with Crippen LogP contribution < -0.4 is 11.1 Å². The molecule has 0 saturated heterocycles. The van der Waals surface area contributed by atoms with Gasteiger partial charge in [-0.15, -0.1) is 0 Å². The minimum atomic E-state index is -0.465. The largest absolute Gasteiger partial charge is 0.349 e. The first-order valence-corrected chi connectivity index (χ1v) is 3.70. The molecule has 0 unspecified atom stereocenters. The van der Waals surface area contributed by atoms with E-state index < -0.39 is 6.04 Å². The summed E-state index contributed by atoms with van der Waals surface area (Å²) in [4.78, 5) is 17.6. The van der Waals surface area contributed by atoms with E-state index in [0.29, 0.717) is 6.54 Å². The molecule has 1 aromatic heterocycles. The molecule has 5 heteroatoms. The van der Waals surface area contributed by atoms with E-state index in [1.54, 1.807) is 19.4 Å². The number of nitrogens with two attached hydrogens (primary N) is 1. The monoisotopic (exact) mass is 168 g/mol. The summed E-state index contributed by atoms with van der Waals surface area (Å²) in [5.41, 5.74) is 6.20. The van der Waals surface area contributed by atoms with Gasteiger partial charge in [0.1, 0.15) is 0 Å². The Kier molecular flexibility index (Phi) is 2.82. The molecule has 0 aliphatic rings. The number of aromatic nitrogens is 2. The topological polar surface area (TPSA) is 83.8 Å². The van der Waals surface area contributed by atoms with Crippen molar-refractivity contribution in [2.45, 2.75) is 19.5 Å².